The maximum absolute atomic E-state index is 4.53. The zero-order valence-electron chi connectivity index (χ0n) is 17.9. The van der Waals surface area contributed by atoms with Gasteiger partial charge in [-0.1, -0.05) is 25.1 Å². The normalized spacial score (nSPS) is 19.6. The van der Waals surface area contributed by atoms with Crippen LogP contribution in [-0.2, 0) is 0 Å². The third-order valence-electron chi connectivity index (χ3n) is 5.74. The molecule has 0 amide bonds. The van der Waals surface area contributed by atoms with Crippen LogP contribution >= 0.6 is 24.0 Å². The zero-order valence-corrected chi connectivity index (χ0v) is 20.2. The summed E-state index contributed by atoms with van der Waals surface area (Å²) in [5.41, 5.74) is 1.28. The number of nitrogens with zero attached hydrogens (tertiary/aromatic N) is 5. The van der Waals surface area contributed by atoms with Gasteiger partial charge in [0.2, 0.25) is 0 Å². The van der Waals surface area contributed by atoms with E-state index in [1.54, 1.807) is 0 Å². The molecule has 160 valence electrons. The van der Waals surface area contributed by atoms with Gasteiger partial charge in [0.25, 0.3) is 0 Å². The molecule has 2 aromatic rings. The number of hydrogen-bond acceptors (Lipinski definition) is 3. The van der Waals surface area contributed by atoms with Crippen LogP contribution in [-0.4, -0.2) is 60.7 Å². The molecule has 0 bridgehead atoms. The molecule has 1 saturated heterocycles. The molecule has 1 aliphatic rings. The second-order valence-electron chi connectivity index (χ2n) is 7.73. The van der Waals surface area contributed by atoms with Crippen molar-refractivity contribution in [1.82, 2.24) is 19.8 Å². The lowest BCUT2D eigenvalue weighted by Crippen LogP contribution is -2.49. The first-order valence-electron chi connectivity index (χ1n) is 10.4. The van der Waals surface area contributed by atoms with Crippen LogP contribution in [0.3, 0.4) is 0 Å². The molecule has 2 atom stereocenters. The lowest BCUT2D eigenvalue weighted by molar-refractivity contribution is 0.189. The number of halogens is 1. The van der Waals surface area contributed by atoms with Crippen LogP contribution in [0.5, 0.6) is 0 Å². The van der Waals surface area contributed by atoms with E-state index < -0.39 is 0 Å². The Bertz CT molecular complexity index is 718. The van der Waals surface area contributed by atoms with Gasteiger partial charge >= 0.3 is 0 Å². The first kappa shape index (κ1) is 23.5. The molecule has 1 fully saturated rings. The molecular weight excluding hydrogens is 475 g/mol. The number of piperidine rings is 1. The Labute approximate surface area is 192 Å². The Morgan fingerprint density at radius 3 is 2.76 bits per heavy atom. The minimum absolute atomic E-state index is 0. The first-order valence-corrected chi connectivity index (χ1v) is 10.4. The minimum Gasteiger partial charge on any atom is -0.375 e. The van der Waals surface area contributed by atoms with Crippen molar-refractivity contribution < 1.29 is 0 Å². The van der Waals surface area contributed by atoms with Gasteiger partial charge in [0.15, 0.2) is 5.96 Å². The summed E-state index contributed by atoms with van der Waals surface area (Å²) in [6.07, 6.45) is 9.33. The predicted molar refractivity (Wildman–Crippen MR) is 132 cm³/mol. The van der Waals surface area contributed by atoms with Gasteiger partial charge in [0.1, 0.15) is 0 Å². The molecule has 1 aromatic heterocycles. The predicted octanol–water partition coefficient (Wildman–Crippen LogP) is 3.88. The summed E-state index contributed by atoms with van der Waals surface area (Å²) in [5.74, 6) is 1.67. The van der Waals surface area contributed by atoms with Crippen molar-refractivity contribution in [2.45, 2.75) is 32.2 Å². The molecule has 1 aromatic carbocycles. The van der Waals surface area contributed by atoms with Crippen molar-refractivity contribution >= 4 is 35.6 Å². The van der Waals surface area contributed by atoms with Gasteiger partial charge in [-0.15, -0.1) is 24.0 Å². The van der Waals surface area contributed by atoms with E-state index in [1.807, 2.05) is 19.6 Å². The highest BCUT2D eigenvalue weighted by Crippen LogP contribution is 2.27. The smallest absolute Gasteiger partial charge is 0.193 e. The third-order valence-corrected chi connectivity index (χ3v) is 5.74. The summed E-state index contributed by atoms with van der Waals surface area (Å²) >= 11 is 0. The molecular formula is C22H35IN6. The van der Waals surface area contributed by atoms with Gasteiger partial charge in [-0.05, 0) is 37.3 Å². The van der Waals surface area contributed by atoms with Crippen LogP contribution in [0.4, 0.5) is 5.69 Å². The van der Waals surface area contributed by atoms with Gasteiger partial charge in [-0.2, -0.15) is 0 Å². The molecule has 1 aliphatic heterocycles. The highest BCUT2D eigenvalue weighted by atomic mass is 127. The molecule has 0 saturated carbocycles. The van der Waals surface area contributed by atoms with E-state index in [0.717, 1.165) is 45.0 Å². The van der Waals surface area contributed by atoms with Gasteiger partial charge in [0, 0.05) is 58.4 Å². The maximum atomic E-state index is 4.53. The van der Waals surface area contributed by atoms with Crippen molar-refractivity contribution in [2.75, 3.05) is 45.2 Å². The summed E-state index contributed by atoms with van der Waals surface area (Å²) in [6.45, 7) is 6.39. The average Bonchev–Trinajstić information content (AvgIpc) is 3.26. The molecule has 7 heteroatoms. The molecule has 1 N–H and O–H groups in total. The highest BCUT2D eigenvalue weighted by Gasteiger charge is 2.28. The largest absolute Gasteiger partial charge is 0.375 e. The van der Waals surface area contributed by atoms with Gasteiger partial charge in [-0.3, -0.25) is 4.99 Å². The van der Waals surface area contributed by atoms with Crippen molar-refractivity contribution in [1.29, 1.82) is 0 Å². The molecule has 0 aliphatic carbocycles. The number of nitrogens with one attached hydrogen (secondary N) is 1. The zero-order chi connectivity index (χ0) is 19.8. The third kappa shape index (κ3) is 6.62. The average molecular weight is 510 g/mol. The number of benzene rings is 1. The summed E-state index contributed by atoms with van der Waals surface area (Å²) in [5, 5.41) is 3.57. The number of likely N-dealkylation sites (tertiary alicyclic amines) is 1. The quantitative estimate of drug-likeness (QED) is 0.266. The molecule has 0 spiro atoms. The van der Waals surface area contributed by atoms with Crippen LogP contribution in [0.25, 0.3) is 0 Å². The number of guanidine groups is 1. The number of para-hydroxylation sites is 1. The van der Waals surface area contributed by atoms with E-state index in [9.17, 15) is 0 Å². The molecule has 2 unspecified atom stereocenters. The van der Waals surface area contributed by atoms with Crippen LogP contribution in [0, 0.1) is 5.92 Å². The fraction of sp³-hybridized carbons (Fsp3) is 0.545. The van der Waals surface area contributed by atoms with Crippen LogP contribution < -0.4 is 10.2 Å². The van der Waals surface area contributed by atoms with E-state index in [2.05, 4.69) is 80.2 Å². The topological polar surface area (TPSA) is 48.7 Å². The minimum atomic E-state index is 0. The SMILES string of the molecule is CN=C(NCCCCN(C)c1ccccc1)N1CCC(C)C(n2ccnc2)C1.I. The number of anilines is 1. The summed E-state index contributed by atoms with van der Waals surface area (Å²) in [6, 6.07) is 11.0. The maximum Gasteiger partial charge on any atom is 0.193 e. The van der Waals surface area contributed by atoms with E-state index >= 15 is 0 Å². The van der Waals surface area contributed by atoms with E-state index in [4.69, 9.17) is 0 Å². The van der Waals surface area contributed by atoms with Crippen molar-refractivity contribution in [3.63, 3.8) is 0 Å². The van der Waals surface area contributed by atoms with Gasteiger partial charge < -0.3 is 19.7 Å². The lowest BCUT2D eigenvalue weighted by Gasteiger charge is -2.39. The van der Waals surface area contributed by atoms with Crippen LogP contribution in [0.1, 0.15) is 32.2 Å². The van der Waals surface area contributed by atoms with E-state index in [-0.39, 0.29) is 24.0 Å². The Balaban J connectivity index is 0.00000300. The van der Waals surface area contributed by atoms with Crippen molar-refractivity contribution in [3.05, 3.63) is 49.1 Å². The second kappa shape index (κ2) is 12.0. The van der Waals surface area contributed by atoms with Crippen LogP contribution in [0.2, 0.25) is 0 Å². The molecule has 0 radical (unpaired) electrons. The monoisotopic (exact) mass is 510 g/mol. The summed E-state index contributed by atoms with van der Waals surface area (Å²) < 4.78 is 2.24. The number of aromatic nitrogens is 2. The number of hydrogen-bond donors (Lipinski definition) is 1. The van der Waals surface area contributed by atoms with Gasteiger partial charge in [0.05, 0.1) is 12.4 Å². The van der Waals surface area contributed by atoms with E-state index in [1.165, 1.54) is 12.1 Å². The summed E-state index contributed by atoms with van der Waals surface area (Å²) in [7, 11) is 4.04. The first-order chi connectivity index (χ1) is 13.7. The Morgan fingerprint density at radius 2 is 2.07 bits per heavy atom. The van der Waals surface area contributed by atoms with E-state index in [0.29, 0.717) is 12.0 Å². The second-order valence-corrected chi connectivity index (χ2v) is 7.73. The molecule has 2 heterocycles. The Hall–Kier alpha value is -1.77. The lowest BCUT2D eigenvalue weighted by atomic mass is 9.93. The highest BCUT2D eigenvalue weighted by molar-refractivity contribution is 14.0. The van der Waals surface area contributed by atoms with Crippen molar-refractivity contribution in [2.24, 2.45) is 10.9 Å². The number of aliphatic imine (C=N–C) groups is 1. The standard InChI is InChI=1S/C22H34N6.HI/c1-19-11-15-27(17-21(19)28-16-13-24-18-28)22(23-2)25-12-7-8-14-26(3)20-9-5-4-6-10-20;/h4-6,9-10,13,16,18-19,21H,7-8,11-12,14-15,17H2,1-3H3,(H,23,25);1H. The molecule has 3 rings (SSSR count). The Kier molecular flexibility index (Phi) is 9.76. The van der Waals surface area contributed by atoms with Gasteiger partial charge in [-0.25, -0.2) is 4.98 Å². The van der Waals surface area contributed by atoms with Crippen molar-refractivity contribution in [3.8, 4) is 0 Å². The number of unbranched alkanes of at least 4 members (excludes halogenated alkanes) is 1. The number of rotatable bonds is 7. The summed E-state index contributed by atoms with van der Waals surface area (Å²) in [4.78, 5) is 13.5. The fourth-order valence-corrected chi connectivity index (χ4v) is 3.91. The molecule has 6 nitrogen and oxygen atoms in total. The Morgan fingerprint density at radius 1 is 1.28 bits per heavy atom. The number of imidazole rings is 1. The fourth-order valence-electron chi connectivity index (χ4n) is 3.91. The molecule has 29 heavy (non-hydrogen) atoms. The van der Waals surface area contributed by atoms with Crippen LogP contribution in [0.15, 0.2) is 54.0 Å².